The van der Waals surface area contributed by atoms with Crippen molar-refractivity contribution >= 4 is 5.97 Å². The summed E-state index contributed by atoms with van der Waals surface area (Å²) < 4.78 is 5.20. The summed E-state index contributed by atoms with van der Waals surface area (Å²) in [5.41, 5.74) is 0.0889. The van der Waals surface area contributed by atoms with Crippen LogP contribution in [0.15, 0.2) is 0 Å². The average molecular weight is 156 g/mol. The Bertz CT molecular complexity index is 167. The molecule has 1 aliphatic rings. The molecule has 0 aromatic heterocycles. The van der Waals surface area contributed by atoms with E-state index in [1.807, 2.05) is 0 Å². The predicted octanol–water partition coefficient (Wildman–Crippen LogP) is 1.98. The summed E-state index contributed by atoms with van der Waals surface area (Å²) in [5, 5.41) is 0. The van der Waals surface area contributed by atoms with Crippen LogP contribution in [0.1, 0.15) is 34.1 Å². The second-order valence-corrected chi connectivity index (χ2v) is 4.46. The fraction of sp³-hybridized carbons (Fsp3) is 0.889. The summed E-state index contributed by atoms with van der Waals surface area (Å²) in [4.78, 5) is 10.9. The van der Waals surface area contributed by atoms with Crippen molar-refractivity contribution < 1.29 is 9.53 Å². The smallest absolute Gasteiger partial charge is 0.306 e. The first-order chi connectivity index (χ1) is 4.91. The third-order valence-electron chi connectivity index (χ3n) is 2.12. The summed E-state index contributed by atoms with van der Waals surface area (Å²) in [5.74, 6) is 0.333. The molecule has 0 aliphatic carbocycles. The van der Waals surface area contributed by atoms with E-state index >= 15 is 0 Å². The molecule has 2 nitrogen and oxygen atoms in total. The fourth-order valence-corrected chi connectivity index (χ4v) is 1.71. The summed E-state index contributed by atoms with van der Waals surface area (Å²) in [7, 11) is 0. The highest BCUT2D eigenvalue weighted by Crippen LogP contribution is 2.34. The Morgan fingerprint density at radius 2 is 2.00 bits per heavy atom. The number of rotatable bonds is 0. The third kappa shape index (κ3) is 1.73. The molecule has 64 valence electrons. The van der Waals surface area contributed by atoms with Crippen molar-refractivity contribution in [1.82, 2.24) is 0 Å². The Morgan fingerprint density at radius 3 is 2.18 bits per heavy atom. The minimum atomic E-state index is -0.0441. The Hall–Kier alpha value is -0.530. The molecule has 1 fully saturated rings. The van der Waals surface area contributed by atoms with Gasteiger partial charge in [-0.1, -0.05) is 27.7 Å². The molecule has 0 spiro atoms. The average Bonchev–Trinajstić information content (AvgIpc) is 2.08. The second kappa shape index (κ2) is 2.50. The molecule has 1 aliphatic heterocycles. The van der Waals surface area contributed by atoms with Crippen molar-refractivity contribution in [3.8, 4) is 0 Å². The molecule has 11 heavy (non-hydrogen) atoms. The van der Waals surface area contributed by atoms with Crippen LogP contribution in [-0.2, 0) is 9.53 Å². The van der Waals surface area contributed by atoms with E-state index in [-0.39, 0.29) is 17.5 Å². The Morgan fingerprint density at radius 1 is 1.45 bits per heavy atom. The van der Waals surface area contributed by atoms with E-state index < -0.39 is 0 Å². The molecule has 1 rings (SSSR count). The first-order valence-electron chi connectivity index (χ1n) is 4.11. The van der Waals surface area contributed by atoms with Crippen molar-refractivity contribution in [1.29, 1.82) is 0 Å². The largest absolute Gasteiger partial charge is 0.461 e. The van der Waals surface area contributed by atoms with E-state index in [4.69, 9.17) is 4.74 Å². The molecule has 0 saturated carbocycles. The predicted molar refractivity (Wildman–Crippen MR) is 43.1 cm³/mol. The zero-order valence-electron chi connectivity index (χ0n) is 7.68. The molecule has 0 unspecified atom stereocenters. The van der Waals surface area contributed by atoms with Crippen LogP contribution in [0.2, 0.25) is 0 Å². The lowest BCUT2D eigenvalue weighted by atomic mass is 9.82. The maximum Gasteiger partial charge on any atom is 0.306 e. The van der Waals surface area contributed by atoms with E-state index in [0.717, 1.165) is 0 Å². The highest BCUT2D eigenvalue weighted by atomic mass is 16.6. The number of ether oxygens (including phenoxy) is 1. The number of carbonyl (C=O) groups excluding carboxylic acids is 1. The number of carbonyl (C=O) groups is 1. The van der Waals surface area contributed by atoms with E-state index in [0.29, 0.717) is 12.3 Å². The van der Waals surface area contributed by atoms with Gasteiger partial charge in [0.05, 0.1) is 6.42 Å². The second-order valence-electron chi connectivity index (χ2n) is 4.46. The quantitative estimate of drug-likeness (QED) is 0.501. The number of hydrogen-bond acceptors (Lipinski definition) is 2. The minimum absolute atomic E-state index is 0.0441. The van der Waals surface area contributed by atoms with Crippen LogP contribution in [0.4, 0.5) is 0 Å². The Balaban J connectivity index is 2.67. The Kier molecular flexibility index (Phi) is 1.95. The molecule has 1 saturated heterocycles. The first kappa shape index (κ1) is 8.57. The van der Waals surface area contributed by atoms with Crippen LogP contribution in [0.5, 0.6) is 0 Å². The topological polar surface area (TPSA) is 26.3 Å². The van der Waals surface area contributed by atoms with Crippen LogP contribution in [-0.4, -0.2) is 12.1 Å². The minimum Gasteiger partial charge on any atom is -0.461 e. The van der Waals surface area contributed by atoms with E-state index in [2.05, 4.69) is 27.7 Å². The van der Waals surface area contributed by atoms with Gasteiger partial charge in [-0.05, 0) is 5.41 Å². The Labute approximate surface area is 67.9 Å². The van der Waals surface area contributed by atoms with Gasteiger partial charge in [-0.15, -0.1) is 0 Å². The lowest BCUT2D eigenvalue weighted by Crippen LogP contribution is -2.30. The van der Waals surface area contributed by atoms with Gasteiger partial charge < -0.3 is 4.74 Å². The molecule has 0 amide bonds. The van der Waals surface area contributed by atoms with Crippen LogP contribution < -0.4 is 0 Å². The molecular weight excluding hydrogens is 140 g/mol. The lowest BCUT2D eigenvalue weighted by Gasteiger charge is -2.28. The van der Waals surface area contributed by atoms with Crippen LogP contribution >= 0.6 is 0 Å². The van der Waals surface area contributed by atoms with Crippen molar-refractivity contribution in [2.24, 2.45) is 11.3 Å². The van der Waals surface area contributed by atoms with E-state index in [1.165, 1.54) is 0 Å². The fourth-order valence-electron chi connectivity index (χ4n) is 1.71. The monoisotopic (exact) mass is 156 g/mol. The highest BCUT2D eigenvalue weighted by Gasteiger charge is 2.39. The normalized spacial score (nSPS) is 32.2. The SMILES string of the molecule is C[C@H]1CC(=O)O[C@@H]1C(C)(C)C. The standard InChI is InChI=1S/C9H16O2/c1-6-5-7(10)11-8(6)9(2,3)4/h6,8H,5H2,1-4H3/t6-,8-/m0/s1. The number of cyclic esters (lactones) is 1. The van der Waals surface area contributed by atoms with Crippen molar-refractivity contribution in [3.63, 3.8) is 0 Å². The molecule has 2 heteroatoms. The van der Waals surface area contributed by atoms with Crippen LogP contribution in [0.25, 0.3) is 0 Å². The zero-order chi connectivity index (χ0) is 8.65. The molecule has 0 radical (unpaired) electrons. The van der Waals surface area contributed by atoms with Crippen LogP contribution in [0.3, 0.4) is 0 Å². The van der Waals surface area contributed by atoms with Crippen LogP contribution in [0, 0.1) is 11.3 Å². The summed E-state index contributed by atoms with van der Waals surface area (Å²) >= 11 is 0. The summed E-state index contributed by atoms with van der Waals surface area (Å²) in [6, 6.07) is 0. The molecule has 2 atom stereocenters. The summed E-state index contributed by atoms with van der Waals surface area (Å²) in [6.45, 7) is 8.38. The van der Waals surface area contributed by atoms with Gasteiger partial charge in [0.25, 0.3) is 0 Å². The van der Waals surface area contributed by atoms with Gasteiger partial charge in [0.15, 0.2) is 0 Å². The maximum absolute atomic E-state index is 10.9. The van der Waals surface area contributed by atoms with Gasteiger partial charge in [-0.3, -0.25) is 4.79 Å². The van der Waals surface area contributed by atoms with Gasteiger partial charge in [0, 0.05) is 5.92 Å². The molecule has 0 bridgehead atoms. The van der Waals surface area contributed by atoms with Gasteiger partial charge in [-0.25, -0.2) is 0 Å². The molecule has 0 aromatic carbocycles. The van der Waals surface area contributed by atoms with Crippen molar-refractivity contribution in [2.45, 2.75) is 40.2 Å². The van der Waals surface area contributed by atoms with Gasteiger partial charge in [-0.2, -0.15) is 0 Å². The molecule has 0 N–H and O–H groups in total. The van der Waals surface area contributed by atoms with Gasteiger partial charge in [0.2, 0.25) is 0 Å². The number of hydrogen-bond donors (Lipinski definition) is 0. The maximum atomic E-state index is 10.9. The zero-order valence-corrected chi connectivity index (χ0v) is 7.68. The third-order valence-corrected chi connectivity index (χ3v) is 2.12. The van der Waals surface area contributed by atoms with Gasteiger partial charge >= 0.3 is 5.97 Å². The van der Waals surface area contributed by atoms with E-state index in [1.54, 1.807) is 0 Å². The van der Waals surface area contributed by atoms with Crippen molar-refractivity contribution in [2.75, 3.05) is 0 Å². The van der Waals surface area contributed by atoms with Crippen molar-refractivity contribution in [3.05, 3.63) is 0 Å². The molecule has 1 heterocycles. The highest BCUT2D eigenvalue weighted by molar-refractivity contribution is 5.72. The summed E-state index contributed by atoms with van der Waals surface area (Å²) in [6.07, 6.45) is 0.692. The van der Waals surface area contributed by atoms with E-state index in [9.17, 15) is 4.79 Å². The molecule has 0 aromatic rings. The first-order valence-corrected chi connectivity index (χ1v) is 4.11. The lowest BCUT2D eigenvalue weighted by molar-refractivity contribution is -0.145. The van der Waals surface area contributed by atoms with Gasteiger partial charge in [0.1, 0.15) is 6.10 Å². The number of esters is 1. The molecular formula is C9H16O2.